The van der Waals surface area contributed by atoms with Gasteiger partial charge >= 0.3 is 0 Å². The van der Waals surface area contributed by atoms with Gasteiger partial charge in [0, 0.05) is 19.1 Å². The summed E-state index contributed by atoms with van der Waals surface area (Å²) in [6.07, 6.45) is 6.09. The molecule has 1 saturated heterocycles. The summed E-state index contributed by atoms with van der Waals surface area (Å²) in [4.78, 5) is 2.20. The first-order valence-electron chi connectivity index (χ1n) is 8.89. The summed E-state index contributed by atoms with van der Waals surface area (Å²) in [5.74, 6) is 0.584. The van der Waals surface area contributed by atoms with E-state index in [9.17, 15) is 4.39 Å². The van der Waals surface area contributed by atoms with Gasteiger partial charge in [0.25, 0.3) is 0 Å². The van der Waals surface area contributed by atoms with E-state index in [2.05, 4.69) is 37.1 Å². The Balaban J connectivity index is 1.96. The van der Waals surface area contributed by atoms with Gasteiger partial charge in [-0.15, -0.1) is 0 Å². The Labute approximate surface area is 135 Å². The summed E-state index contributed by atoms with van der Waals surface area (Å²) in [6, 6.07) is 5.97. The zero-order chi connectivity index (χ0) is 15.9. The number of unbranched alkanes of at least 4 members (excludes halogenated alkanes) is 2. The molecule has 0 unspecified atom stereocenters. The van der Waals surface area contributed by atoms with Gasteiger partial charge in [0.05, 0.1) is 5.69 Å². The lowest BCUT2D eigenvalue weighted by Gasteiger charge is -2.33. The van der Waals surface area contributed by atoms with Crippen LogP contribution in [0.3, 0.4) is 0 Å². The van der Waals surface area contributed by atoms with Crippen LogP contribution in [0.4, 0.5) is 10.1 Å². The van der Waals surface area contributed by atoms with Crippen molar-refractivity contribution in [3.8, 4) is 0 Å². The highest BCUT2D eigenvalue weighted by Gasteiger charge is 2.19. The number of nitrogens with one attached hydrogen (secondary N) is 1. The highest BCUT2D eigenvalue weighted by molar-refractivity contribution is 5.50. The normalized spacial score (nSPS) is 20.2. The van der Waals surface area contributed by atoms with E-state index in [1.54, 1.807) is 6.07 Å². The van der Waals surface area contributed by atoms with Crippen LogP contribution in [-0.2, 0) is 0 Å². The maximum Gasteiger partial charge on any atom is 0.146 e. The van der Waals surface area contributed by atoms with Gasteiger partial charge in [-0.2, -0.15) is 0 Å². The fraction of sp³-hybridized carbons (Fsp3) is 0.684. The van der Waals surface area contributed by atoms with Crippen LogP contribution < -0.4 is 10.2 Å². The average molecular weight is 306 g/mol. The number of anilines is 1. The molecule has 1 aromatic rings. The molecule has 1 N–H and O–H groups in total. The van der Waals surface area contributed by atoms with E-state index in [4.69, 9.17) is 0 Å². The number of hydrogen-bond donors (Lipinski definition) is 1. The smallest absolute Gasteiger partial charge is 0.146 e. The third-order valence-corrected chi connectivity index (χ3v) is 4.70. The standard InChI is InChI=1S/C19H31FN2/c1-4-5-6-11-21-16(3)17-9-10-19(18(20)13-17)22-12-7-8-15(2)14-22/h9-10,13,15-16,21H,4-8,11-12,14H2,1-3H3/t15-,16-/m0/s1. The Morgan fingerprint density at radius 2 is 2.18 bits per heavy atom. The fourth-order valence-corrected chi connectivity index (χ4v) is 3.27. The predicted octanol–water partition coefficient (Wildman–Crippen LogP) is 4.90. The van der Waals surface area contributed by atoms with Crippen LogP contribution >= 0.6 is 0 Å². The molecule has 1 heterocycles. The second-order valence-electron chi connectivity index (χ2n) is 6.79. The first-order valence-corrected chi connectivity index (χ1v) is 8.89. The quantitative estimate of drug-likeness (QED) is 0.721. The number of benzene rings is 1. The second kappa shape index (κ2) is 8.52. The lowest BCUT2D eigenvalue weighted by molar-refractivity contribution is 0.442. The number of halogens is 1. The lowest BCUT2D eigenvalue weighted by atomic mass is 9.99. The minimum absolute atomic E-state index is 0.0752. The molecule has 0 bridgehead atoms. The maximum atomic E-state index is 14.5. The van der Waals surface area contributed by atoms with Crippen LogP contribution in [0, 0.1) is 11.7 Å². The van der Waals surface area contributed by atoms with E-state index in [1.165, 1.54) is 25.7 Å². The number of hydrogen-bond acceptors (Lipinski definition) is 2. The molecule has 1 aliphatic rings. The molecular weight excluding hydrogens is 275 g/mol. The summed E-state index contributed by atoms with van der Waals surface area (Å²) in [7, 11) is 0. The van der Waals surface area contributed by atoms with Crippen molar-refractivity contribution in [3.05, 3.63) is 29.6 Å². The van der Waals surface area contributed by atoms with Crippen molar-refractivity contribution in [2.75, 3.05) is 24.5 Å². The molecule has 0 radical (unpaired) electrons. The van der Waals surface area contributed by atoms with E-state index in [0.29, 0.717) is 5.92 Å². The van der Waals surface area contributed by atoms with Gasteiger partial charge in [-0.1, -0.05) is 32.8 Å². The summed E-state index contributed by atoms with van der Waals surface area (Å²) in [5.41, 5.74) is 1.82. The summed E-state index contributed by atoms with van der Waals surface area (Å²) >= 11 is 0. The van der Waals surface area contributed by atoms with Gasteiger partial charge in [0.1, 0.15) is 5.82 Å². The third-order valence-electron chi connectivity index (χ3n) is 4.70. The van der Waals surface area contributed by atoms with E-state index < -0.39 is 0 Å². The molecule has 0 amide bonds. The molecule has 22 heavy (non-hydrogen) atoms. The molecule has 0 aromatic heterocycles. The molecule has 124 valence electrons. The Hall–Kier alpha value is -1.09. The van der Waals surface area contributed by atoms with Crippen molar-refractivity contribution in [1.29, 1.82) is 0 Å². The lowest BCUT2D eigenvalue weighted by Crippen LogP contribution is -2.34. The summed E-state index contributed by atoms with van der Waals surface area (Å²) in [5, 5.41) is 3.49. The second-order valence-corrected chi connectivity index (χ2v) is 6.79. The largest absolute Gasteiger partial charge is 0.369 e. The van der Waals surface area contributed by atoms with Crippen LogP contribution in [0.1, 0.15) is 64.5 Å². The Bertz CT molecular complexity index is 461. The summed E-state index contributed by atoms with van der Waals surface area (Å²) in [6.45, 7) is 9.53. The molecule has 2 nitrogen and oxygen atoms in total. The highest BCUT2D eigenvalue weighted by atomic mass is 19.1. The molecule has 1 aromatic carbocycles. The van der Waals surface area contributed by atoms with Gasteiger partial charge < -0.3 is 10.2 Å². The van der Waals surface area contributed by atoms with Crippen molar-refractivity contribution >= 4 is 5.69 Å². The minimum atomic E-state index is -0.0752. The molecule has 1 fully saturated rings. The van der Waals surface area contributed by atoms with Crippen LogP contribution in [-0.4, -0.2) is 19.6 Å². The van der Waals surface area contributed by atoms with Gasteiger partial charge in [-0.25, -0.2) is 4.39 Å². The van der Waals surface area contributed by atoms with Crippen LogP contribution in [0.25, 0.3) is 0 Å². The Kier molecular flexibility index (Phi) is 6.69. The van der Waals surface area contributed by atoms with Gasteiger partial charge in [-0.05, 0) is 56.3 Å². The van der Waals surface area contributed by atoms with Crippen LogP contribution in [0.15, 0.2) is 18.2 Å². The molecule has 0 aliphatic carbocycles. The van der Waals surface area contributed by atoms with E-state index in [0.717, 1.165) is 37.3 Å². The first kappa shape index (κ1) is 17.3. The van der Waals surface area contributed by atoms with Crippen molar-refractivity contribution < 1.29 is 4.39 Å². The predicted molar refractivity (Wildman–Crippen MR) is 93.0 cm³/mol. The van der Waals surface area contributed by atoms with Crippen molar-refractivity contribution in [3.63, 3.8) is 0 Å². The Morgan fingerprint density at radius 1 is 1.36 bits per heavy atom. The average Bonchev–Trinajstić information content (AvgIpc) is 2.51. The van der Waals surface area contributed by atoms with Crippen LogP contribution in [0.2, 0.25) is 0 Å². The molecular formula is C19H31FN2. The topological polar surface area (TPSA) is 15.3 Å². The number of rotatable bonds is 7. The van der Waals surface area contributed by atoms with Gasteiger partial charge in [0.2, 0.25) is 0 Å². The summed E-state index contributed by atoms with van der Waals surface area (Å²) < 4.78 is 14.5. The van der Waals surface area contributed by atoms with Crippen molar-refractivity contribution in [2.45, 2.75) is 58.9 Å². The minimum Gasteiger partial charge on any atom is -0.369 e. The molecule has 3 heteroatoms. The zero-order valence-corrected chi connectivity index (χ0v) is 14.4. The van der Waals surface area contributed by atoms with Gasteiger partial charge in [-0.3, -0.25) is 0 Å². The maximum absolute atomic E-state index is 14.5. The fourth-order valence-electron chi connectivity index (χ4n) is 3.27. The monoisotopic (exact) mass is 306 g/mol. The highest BCUT2D eigenvalue weighted by Crippen LogP contribution is 2.27. The number of nitrogens with zero attached hydrogens (tertiary/aromatic N) is 1. The van der Waals surface area contributed by atoms with E-state index in [1.807, 2.05) is 6.07 Å². The Morgan fingerprint density at radius 3 is 2.86 bits per heavy atom. The van der Waals surface area contributed by atoms with Crippen LogP contribution in [0.5, 0.6) is 0 Å². The van der Waals surface area contributed by atoms with Gasteiger partial charge in [0.15, 0.2) is 0 Å². The molecule has 0 spiro atoms. The van der Waals surface area contributed by atoms with Crippen molar-refractivity contribution in [1.82, 2.24) is 5.32 Å². The molecule has 1 aliphatic heterocycles. The van der Waals surface area contributed by atoms with E-state index in [-0.39, 0.29) is 11.9 Å². The zero-order valence-electron chi connectivity index (χ0n) is 14.4. The third kappa shape index (κ3) is 4.70. The SMILES string of the molecule is CCCCCN[C@@H](C)c1ccc(N2CCC[C@H](C)C2)c(F)c1. The number of piperidine rings is 1. The van der Waals surface area contributed by atoms with E-state index >= 15 is 0 Å². The molecule has 0 saturated carbocycles. The molecule has 2 rings (SSSR count). The molecule has 2 atom stereocenters. The van der Waals surface area contributed by atoms with Crippen molar-refractivity contribution in [2.24, 2.45) is 5.92 Å². The first-order chi connectivity index (χ1) is 10.6.